The van der Waals surface area contributed by atoms with Gasteiger partial charge in [-0.15, -0.1) is 5.10 Å². The van der Waals surface area contributed by atoms with Crippen LogP contribution in [0.2, 0.25) is 5.02 Å². The first-order chi connectivity index (χ1) is 13.7. The summed E-state index contributed by atoms with van der Waals surface area (Å²) < 4.78 is 6.50. The Morgan fingerprint density at radius 2 is 1.90 bits per heavy atom. The summed E-state index contributed by atoms with van der Waals surface area (Å²) in [7, 11) is 0. The number of hydrogen-bond donors (Lipinski definition) is 1. The largest absolute Gasteiger partial charge is 0.443 e. The molecule has 0 aliphatic carbocycles. The second-order valence-corrected chi connectivity index (χ2v) is 8.81. The Morgan fingerprint density at radius 3 is 2.52 bits per heavy atom. The summed E-state index contributed by atoms with van der Waals surface area (Å²) in [4.78, 5) is 13.4. The first kappa shape index (κ1) is 21.3. The zero-order chi connectivity index (χ0) is 21.2. The van der Waals surface area contributed by atoms with Gasteiger partial charge in [0.15, 0.2) is 0 Å². The number of benzene rings is 2. The van der Waals surface area contributed by atoms with Crippen molar-refractivity contribution in [3.8, 4) is 0 Å². The number of hydrogen-bond acceptors (Lipinski definition) is 4. The molecule has 2 N–H and O–H groups in total. The molecule has 1 heterocycles. The highest BCUT2D eigenvalue weighted by Crippen LogP contribution is 2.43. The molecule has 3 rings (SSSR count). The van der Waals surface area contributed by atoms with Crippen molar-refractivity contribution in [1.82, 2.24) is 5.01 Å². The van der Waals surface area contributed by atoms with E-state index >= 15 is 0 Å². The second-order valence-electron chi connectivity index (χ2n) is 8.40. The number of amides is 1. The lowest BCUT2D eigenvalue weighted by atomic mass is 9.91. The molecule has 1 atom stereocenters. The fourth-order valence-electron chi connectivity index (χ4n) is 3.36. The summed E-state index contributed by atoms with van der Waals surface area (Å²) in [6.07, 6.45) is 1.19. The van der Waals surface area contributed by atoms with Crippen LogP contribution in [-0.4, -0.2) is 23.4 Å². The zero-order valence-corrected chi connectivity index (χ0v) is 18.2. The van der Waals surface area contributed by atoms with Crippen LogP contribution in [0.1, 0.15) is 50.3 Å². The molecule has 154 valence electrons. The molecule has 0 saturated carbocycles. The van der Waals surface area contributed by atoms with Gasteiger partial charge in [-0.25, -0.2) is 0 Å². The smallest absolute Gasteiger partial charge is 0.251 e. The molecular weight excluding hydrogens is 386 g/mol. The van der Waals surface area contributed by atoms with E-state index in [1.54, 1.807) is 0 Å². The Morgan fingerprint density at radius 1 is 1.21 bits per heavy atom. The molecule has 1 amide bonds. The molecule has 0 spiro atoms. The molecule has 2 aromatic rings. The third-order valence-electron chi connectivity index (χ3n) is 4.93. The van der Waals surface area contributed by atoms with Crippen LogP contribution < -0.4 is 5.73 Å². The fourth-order valence-corrected chi connectivity index (χ4v) is 3.56. The van der Waals surface area contributed by atoms with Gasteiger partial charge in [0, 0.05) is 17.4 Å². The van der Waals surface area contributed by atoms with Crippen molar-refractivity contribution in [3.63, 3.8) is 0 Å². The molecule has 0 saturated heterocycles. The summed E-state index contributed by atoms with van der Waals surface area (Å²) in [5.74, 6) is 0.217. The van der Waals surface area contributed by atoms with Gasteiger partial charge >= 0.3 is 0 Å². The van der Waals surface area contributed by atoms with Crippen LogP contribution in [-0.2, 0) is 15.3 Å². The van der Waals surface area contributed by atoms with E-state index in [1.165, 1.54) is 5.01 Å². The maximum Gasteiger partial charge on any atom is 0.251 e. The summed E-state index contributed by atoms with van der Waals surface area (Å²) in [5, 5.41) is 6.68. The molecule has 6 heteroatoms. The van der Waals surface area contributed by atoms with Crippen molar-refractivity contribution in [2.24, 2.45) is 16.3 Å². The van der Waals surface area contributed by atoms with Crippen LogP contribution >= 0.6 is 11.6 Å². The number of rotatable bonds is 5. The zero-order valence-electron chi connectivity index (χ0n) is 17.4. The molecular formula is C23H28ClN3O2. The highest BCUT2D eigenvalue weighted by molar-refractivity contribution is 6.33. The van der Waals surface area contributed by atoms with Crippen molar-refractivity contribution < 1.29 is 9.53 Å². The third kappa shape index (κ3) is 4.16. The van der Waals surface area contributed by atoms with Crippen LogP contribution in [0.25, 0.3) is 0 Å². The van der Waals surface area contributed by atoms with E-state index < -0.39 is 11.1 Å². The molecule has 0 aromatic heterocycles. The van der Waals surface area contributed by atoms with Gasteiger partial charge in [0.2, 0.25) is 11.6 Å². The molecule has 5 nitrogen and oxygen atoms in total. The van der Waals surface area contributed by atoms with Gasteiger partial charge in [-0.3, -0.25) is 4.79 Å². The Kier molecular flexibility index (Phi) is 6.01. The van der Waals surface area contributed by atoms with Crippen molar-refractivity contribution >= 4 is 23.4 Å². The molecule has 0 fully saturated rings. The van der Waals surface area contributed by atoms with E-state index in [4.69, 9.17) is 22.1 Å². The predicted octanol–water partition coefficient (Wildman–Crippen LogP) is 4.81. The van der Waals surface area contributed by atoms with Crippen LogP contribution in [0.4, 0.5) is 0 Å². The van der Waals surface area contributed by atoms with Crippen LogP contribution in [0.5, 0.6) is 0 Å². The molecule has 0 radical (unpaired) electrons. The van der Waals surface area contributed by atoms with E-state index in [2.05, 4.69) is 5.10 Å². The molecule has 2 aromatic carbocycles. The Balaban J connectivity index is 2.18. The van der Waals surface area contributed by atoms with E-state index in [0.29, 0.717) is 35.9 Å². The first-order valence-corrected chi connectivity index (χ1v) is 10.2. The Labute approximate surface area is 177 Å². The van der Waals surface area contributed by atoms with Crippen LogP contribution in [0.3, 0.4) is 0 Å². The minimum atomic E-state index is -1.06. The van der Waals surface area contributed by atoms with Crippen molar-refractivity contribution in [3.05, 3.63) is 70.2 Å². The van der Waals surface area contributed by atoms with Gasteiger partial charge in [0.05, 0.1) is 10.6 Å². The summed E-state index contributed by atoms with van der Waals surface area (Å²) in [5.41, 5.74) is 6.68. The molecule has 1 unspecified atom stereocenters. The number of aryl methyl sites for hydroxylation is 1. The minimum Gasteiger partial charge on any atom is -0.443 e. The molecule has 0 bridgehead atoms. The molecule has 29 heavy (non-hydrogen) atoms. The van der Waals surface area contributed by atoms with Gasteiger partial charge in [-0.2, -0.15) is 5.01 Å². The number of ether oxygens (including phenoxy) is 1. The maximum absolute atomic E-state index is 13.4. The van der Waals surface area contributed by atoms with E-state index in [-0.39, 0.29) is 5.91 Å². The second kappa shape index (κ2) is 8.17. The van der Waals surface area contributed by atoms with E-state index in [0.717, 1.165) is 11.1 Å². The van der Waals surface area contributed by atoms with E-state index in [1.807, 2.05) is 76.2 Å². The quantitative estimate of drug-likeness (QED) is 0.764. The predicted molar refractivity (Wildman–Crippen MR) is 117 cm³/mol. The summed E-state index contributed by atoms with van der Waals surface area (Å²) >= 11 is 6.45. The van der Waals surface area contributed by atoms with Gasteiger partial charge in [-0.05, 0) is 32.0 Å². The molecule has 1 aliphatic rings. The van der Waals surface area contributed by atoms with Crippen molar-refractivity contribution in [2.75, 3.05) is 6.54 Å². The van der Waals surface area contributed by atoms with Crippen LogP contribution in [0, 0.1) is 12.3 Å². The number of hydrazone groups is 1. The average Bonchev–Trinajstić information content (AvgIpc) is 3.08. The highest BCUT2D eigenvalue weighted by atomic mass is 35.5. The highest BCUT2D eigenvalue weighted by Gasteiger charge is 2.51. The number of carbonyl (C=O) groups excluding carboxylic acids is 1. The summed E-state index contributed by atoms with van der Waals surface area (Å²) in [6, 6.07) is 15.4. The maximum atomic E-state index is 13.4. The van der Waals surface area contributed by atoms with Crippen molar-refractivity contribution in [1.29, 1.82) is 0 Å². The normalized spacial score (nSPS) is 19.1. The van der Waals surface area contributed by atoms with Gasteiger partial charge in [0.1, 0.15) is 0 Å². The number of nitrogens with two attached hydrogens (primary N) is 1. The lowest BCUT2D eigenvalue weighted by Gasteiger charge is -2.38. The van der Waals surface area contributed by atoms with Gasteiger partial charge in [0.25, 0.3) is 5.91 Å². The lowest BCUT2D eigenvalue weighted by molar-refractivity contribution is -0.161. The average molecular weight is 414 g/mol. The number of carbonyl (C=O) groups is 1. The third-order valence-corrected chi connectivity index (χ3v) is 5.26. The Bertz CT molecular complexity index is 921. The molecule has 1 aliphatic heterocycles. The monoisotopic (exact) mass is 413 g/mol. The van der Waals surface area contributed by atoms with Crippen molar-refractivity contribution in [2.45, 2.75) is 46.3 Å². The topological polar surface area (TPSA) is 67.9 Å². The van der Waals surface area contributed by atoms with Gasteiger partial charge in [-0.1, -0.05) is 74.3 Å². The van der Waals surface area contributed by atoms with Gasteiger partial charge < -0.3 is 10.5 Å². The first-order valence-electron chi connectivity index (χ1n) is 9.83. The lowest BCUT2D eigenvalue weighted by Crippen LogP contribution is -2.49. The van der Waals surface area contributed by atoms with Crippen LogP contribution in [0.15, 0.2) is 53.6 Å². The van der Waals surface area contributed by atoms with E-state index in [9.17, 15) is 4.79 Å². The number of halogens is 1. The minimum absolute atomic E-state index is 0.128. The summed E-state index contributed by atoms with van der Waals surface area (Å²) in [6.45, 7) is 8.09. The standard InChI is InChI=1S/C23H28ClN3O2/c1-16-11-12-19(24)18(15-16)20-26-27(21(28)22(2,3)4)23(29-20,13-8-14-25)17-9-6-5-7-10-17/h5-7,9-12,15H,8,13-14,25H2,1-4H3. The number of nitrogens with zero attached hydrogens (tertiary/aromatic N) is 2. The SMILES string of the molecule is Cc1ccc(Cl)c(C2=NN(C(=O)C(C)(C)C)C(CCCN)(c3ccccc3)O2)c1. The Hall–Kier alpha value is -2.37. The fraction of sp³-hybridized carbons (Fsp3) is 0.391.